The number of carbonyl (C=O) groups excluding carboxylic acids is 1. The molecule has 12 nitrogen and oxygen atoms in total. The monoisotopic (exact) mass is 627 g/mol. The summed E-state index contributed by atoms with van der Waals surface area (Å²) in [6, 6.07) is 13.6. The van der Waals surface area contributed by atoms with Gasteiger partial charge in [0.2, 0.25) is 11.9 Å². The summed E-state index contributed by atoms with van der Waals surface area (Å²) in [5.74, 6) is 0.221. The molecule has 0 radical (unpaired) electrons. The van der Waals surface area contributed by atoms with Gasteiger partial charge in [-0.2, -0.15) is 20.2 Å². The van der Waals surface area contributed by atoms with Crippen LogP contribution >= 0.6 is 0 Å². The number of nitrogens with one attached hydrogen (secondary N) is 4. The van der Waals surface area contributed by atoms with Crippen molar-refractivity contribution < 1.29 is 13.6 Å². The van der Waals surface area contributed by atoms with E-state index in [1.165, 1.54) is 17.8 Å². The molecule has 0 atom stereocenters. The Labute approximate surface area is 264 Å². The number of piperazine rings is 1. The zero-order valence-electron chi connectivity index (χ0n) is 25.2. The summed E-state index contributed by atoms with van der Waals surface area (Å²) in [5, 5.41) is 21.9. The van der Waals surface area contributed by atoms with Crippen molar-refractivity contribution in [3.05, 3.63) is 83.7 Å². The first-order valence-corrected chi connectivity index (χ1v) is 15.5. The molecule has 46 heavy (non-hydrogen) atoms. The maximum absolute atomic E-state index is 14.3. The molecule has 3 aromatic heterocycles. The highest BCUT2D eigenvalue weighted by atomic mass is 19.1. The van der Waals surface area contributed by atoms with Crippen LogP contribution in [0, 0.1) is 11.6 Å². The van der Waals surface area contributed by atoms with E-state index < -0.39 is 11.6 Å². The van der Waals surface area contributed by atoms with Crippen LogP contribution in [0.15, 0.2) is 60.9 Å². The molecule has 5 aromatic rings. The third kappa shape index (κ3) is 6.47. The minimum Gasteiger partial charge on any atom is -0.369 e. The number of hydrogen-bond donors (Lipinski definition) is 4. The molecule has 0 spiro atoms. The Bertz CT molecular complexity index is 1800. The Balaban J connectivity index is 1.04. The van der Waals surface area contributed by atoms with Crippen molar-refractivity contribution in [1.82, 2.24) is 40.2 Å². The van der Waals surface area contributed by atoms with E-state index in [0.29, 0.717) is 42.2 Å². The molecule has 4 N–H and O–H groups in total. The van der Waals surface area contributed by atoms with Crippen LogP contribution < -0.4 is 20.9 Å². The smallest absolute Gasteiger partial charge is 0.227 e. The molecular formula is C32H35F2N11O. The predicted molar refractivity (Wildman–Crippen MR) is 171 cm³/mol. The van der Waals surface area contributed by atoms with Crippen LogP contribution in [0.4, 0.5) is 32.1 Å². The van der Waals surface area contributed by atoms with Gasteiger partial charge in [-0.3, -0.25) is 9.89 Å². The summed E-state index contributed by atoms with van der Waals surface area (Å²) in [6.07, 6.45) is 5.16. The number of anilines is 4. The number of fused-ring (bicyclic) bond motifs is 1. The second-order valence-electron chi connectivity index (χ2n) is 11.6. The third-order valence-electron chi connectivity index (χ3n) is 8.60. The van der Waals surface area contributed by atoms with E-state index in [2.05, 4.69) is 65.4 Å². The Hall–Kier alpha value is -5.11. The number of rotatable bonds is 9. The van der Waals surface area contributed by atoms with Gasteiger partial charge < -0.3 is 25.8 Å². The second kappa shape index (κ2) is 13.1. The number of H-pyrrole nitrogens is 1. The number of likely N-dealkylation sites (tertiary alicyclic amines) is 1. The van der Waals surface area contributed by atoms with Gasteiger partial charge >= 0.3 is 0 Å². The van der Waals surface area contributed by atoms with E-state index in [1.54, 1.807) is 18.5 Å². The van der Waals surface area contributed by atoms with E-state index >= 15 is 0 Å². The van der Waals surface area contributed by atoms with Crippen molar-refractivity contribution in [3.8, 4) is 0 Å². The molecule has 2 aliphatic rings. The Morgan fingerprint density at radius 2 is 1.78 bits per heavy atom. The number of nitrogens with zero attached hydrogens (tertiary/aromatic N) is 7. The fourth-order valence-corrected chi connectivity index (χ4v) is 6.05. The molecule has 0 aliphatic carbocycles. The quantitative estimate of drug-likeness (QED) is 0.192. The van der Waals surface area contributed by atoms with Gasteiger partial charge in [-0.25, -0.2) is 13.5 Å². The summed E-state index contributed by atoms with van der Waals surface area (Å²) in [5.41, 5.74) is 3.10. The molecule has 0 bridgehead atoms. The average Bonchev–Trinajstić information content (AvgIpc) is 3.76. The van der Waals surface area contributed by atoms with Crippen LogP contribution in [-0.2, 0) is 17.8 Å². The lowest BCUT2D eigenvalue weighted by atomic mass is 10.0. The van der Waals surface area contributed by atoms with Crippen molar-refractivity contribution >= 4 is 40.2 Å². The van der Waals surface area contributed by atoms with Crippen LogP contribution in [0.3, 0.4) is 0 Å². The second-order valence-corrected chi connectivity index (χ2v) is 11.6. The summed E-state index contributed by atoms with van der Waals surface area (Å²) < 4.78 is 29.6. The molecule has 1 amide bonds. The van der Waals surface area contributed by atoms with Gasteiger partial charge in [0.1, 0.15) is 23.3 Å². The summed E-state index contributed by atoms with van der Waals surface area (Å²) >= 11 is 0. The molecule has 2 aromatic carbocycles. The number of piperidine rings is 1. The number of halogens is 2. The van der Waals surface area contributed by atoms with Gasteiger partial charge in [-0.15, -0.1) is 0 Å². The maximum atomic E-state index is 14.3. The lowest BCUT2D eigenvalue weighted by molar-refractivity contribution is -0.131. The SMILES string of the molecule is O=C(Cc1ccc(N2CCNCC2)cc1)N1CCC(n2ncc3c(Nc4ccn[nH]4)nc(NCc4ccc(F)cc4F)nc32)CC1. The Morgan fingerprint density at radius 3 is 2.52 bits per heavy atom. The molecule has 14 heteroatoms. The zero-order valence-corrected chi connectivity index (χ0v) is 25.2. The predicted octanol–water partition coefficient (Wildman–Crippen LogP) is 4.00. The zero-order chi connectivity index (χ0) is 31.5. The van der Waals surface area contributed by atoms with Gasteiger partial charge in [0.15, 0.2) is 5.65 Å². The molecule has 0 unspecified atom stereocenters. The summed E-state index contributed by atoms with van der Waals surface area (Å²) in [6.45, 7) is 5.23. The van der Waals surface area contributed by atoms with E-state index in [-0.39, 0.29) is 30.0 Å². The maximum Gasteiger partial charge on any atom is 0.227 e. The van der Waals surface area contributed by atoms with Crippen LogP contribution in [0.25, 0.3) is 11.0 Å². The molecule has 5 heterocycles. The van der Waals surface area contributed by atoms with E-state index in [0.717, 1.165) is 50.7 Å². The molecule has 2 fully saturated rings. The number of aromatic nitrogens is 6. The average molecular weight is 628 g/mol. The number of hydrogen-bond acceptors (Lipinski definition) is 9. The number of benzene rings is 2. The molecule has 7 rings (SSSR count). The summed E-state index contributed by atoms with van der Waals surface area (Å²) in [4.78, 5) is 26.9. The fraction of sp³-hybridized carbons (Fsp3) is 0.344. The van der Waals surface area contributed by atoms with E-state index in [4.69, 9.17) is 4.98 Å². The van der Waals surface area contributed by atoms with Crippen molar-refractivity contribution in [3.63, 3.8) is 0 Å². The molecule has 0 saturated carbocycles. The lowest BCUT2D eigenvalue weighted by Gasteiger charge is -2.32. The van der Waals surface area contributed by atoms with Gasteiger partial charge in [-0.05, 0) is 36.6 Å². The number of amides is 1. The largest absolute Gasteiger partial charge is 0.369 e. The van der Waals surface area contributed by atoms with Crippen LogP contribution in [0.1, 0.15) is 30.0 Å². The molecule has 238 valence electrons. The molecule has 2 aliphatic heterocycles. The number of carbonyl (C=O) groups is 1. The first-order valence-electron chi connectivity index (χ1n) is 15.5. The standard InChI is InChI=1S/C32H35F2N11O/c33-23-4-3-22(27(34)18-23)19-36-32-40-30(39-28-7-10-37-42-28)26-20-38-45(31(26)41-32)25-8-13-44(14-9-25)29(46)17-21-1-5-24(6-2-21)43-15-11-35-12-16-43/h1-7,10,18,20,25,35H,8-9,11-17,19H2,(H3,36,37,39,40,41,42). The van der Waals surface area contributed by atoms with E-state index in [1.807, 2.05) is 9.58 Å². The Kier molecular flexibility index (Phi) is 8.42. The van der Waals surface area contributed by atoms with E-state index in [9.17, 15) is 13.6 Å². The van der Waals surface area contributed by atoms with Gasteiger partial charge in [-0.1, -0.05) is 18.2 Å². The fourth-order valence-electron chi connectivity index (χ4n) is 6.05. The lowest BCUT2D eigenvalue weighted by Crippen LogP contribution is -2.43. The minimum atomic E-state index is -0.650. The topological polar surface area (TPSA) is 132 Å². The van der Waals surface area contributed by atoms with Gasteiger partial charge in [0, 0.05) is 69.2 Å². The van der Waals surface area contributed by atoms with Gasteiger partial charge in [0.05, 0.1) is 30.2 Å². The molecular weight excluding hydrogens is 592 g/mol. The first kappa shape index (κ1) is 29.6. The van der Waals surface area contributed by atoms with Crippen molar-refractivity contribution in [2.75, 3.05) is 54.8 Å². The number of aromatic amines is 1. The van der Waals surface area contributed by atoms with Gasteiger partial charge in [0.25, 0.3) is 0 Å². The Morgan fingerprint density at radius 1 is 0.978 bits per heavy atom. The third-order valence-corrected chi connectivity index (χ3v) is 8.60. The van der Waals surface area contributed by atoms with Crippen molar-refractivity contribution in [2.24, 2.45) is 0 Å². The normalized spacial score (nSPS) is 15.8. The van der Waals surface area contributed by atoms with Crippen LogP contribution in [-0.4, -0.2) is 80.0 Å². The van der Waals surface area contributed by atoms with Crippen LogP contribution in [0.5, 0.6) is 0 Å². The highest BCUT2D eigenvalue weighted by Gasteiger charge is 2.27. The van der Waals surface area contributed by atoms with Crippen molar-refractivity contribution in [1.29, 1.82) is 0 Å². The molecule has 2 saturated heterocycles. The summed E-state index contributed by atoms with van der Waals surface area (Å²) in [7, 11) is 0. The minimum absolute atomic E-state index is 0.0252. The highest BCUT2D eigenvalue weighted by molar-refractivity contribution is 5.89. The first-order chi connectivity index (χ1) is 22.5. The highest BCUT2D eigenvalue weighted by Crippen LogP contribution is 2.30. The van der Waals surface area contributed by atoms with Crippen LogP contribution in [0.2, 0.25) is 0 Å². The van der Waals surface area contributed by atoms with Crippen molar-refractivity contribution in [2.45, 2.75) is 31.8 Å².